The van der Waals surface area contributed by atoms with Gasteiger partial charge in [0.05, 0.1) is 12.1 Å². The standard InChI is InChI=1S/C17H20ClN3O2.ClH/c1-11-6-12(8-19)9-21(11)16(22)7-15-10-23-17(20-15)13-2-4-14(18)5-3-13;/h2-5,10-12H,6-9,19H2,1H3;1H. The number of hydrogen-bond donors (Lipinski definition) is 1. The van der Waals surface area contributed by atoms with Gasteiger partial charge in [0.25, 0.3) is 0 Å². The minimum absolute atomic E-state index is 0. The Morgan fingerprint density at radius 2 is 2.12 bits per heavy atom. The summed E-state index contributed by atoms with van der Waals surface area (Å²) in [5.41, 5.74) is 7.20. The number of nitrogens with zero attached hydrogens (tertiary/aromatic N) is 2. The first-order valence-electron chi connectivity index (χ1n) is 7.76. The molecule has 0 bridgehead atoms. The number of rotatable bonds is 4. The minimum atomic E-state index is 0. The molecule has 5 nitrogen and oxygen atoms in total. The van der Waals surface area contributed by atoms with Crippen LogP contribution in [0.5, 0.6) is 0 Å². The number of carbonyl (C=O) groups excluding carboxylic acids is 1. The SMILES string of the molecule is CC1CC(CN)CN1C(=O)Cc1coc(-c2ccc(Cl)cc2)n1.Cl. The zero-order chi connectivity index (χ0) is 16.4. The van der Waals surface area contributed by atoms with Crippen LogP contribution < -0.4 is 5.73 Å². The lowest BCUT2D eigenvalue weighted by Gasteiger charge is -2.20. The third kappa shape index (κ3) is 4.09. The van der Waals surface area contributed by atoms with Crippen molar-refractivity contribution in [2.24, 2.45) is 11.7 Å². The maximum atomic E-state index is 12.5. The molecule has 1 aromatic heterocycles. The lowest BCUT2D eigenvalue weighted by Crippen LogP contribution is -2.35. The number of benzene rings is 1. The predicted molar refractivity (Wildman–Crippen MR) is 96.2 cm³/mol. The van der Waals surface area contributed by atoms with E-state index in [4.69, 9.17) is 21.8 Å². The predicted octanol–water partition coefficient (Wildman–Crippen LogP) is 3.16. The van der Waals surface area contributed by atoms with E-state index < -0.39 is 0 Å². The first kappa shape index (κ1) is 18.8. The van der Waals surface area contributed by atoms with Crippen molar-refractivity contribution in [2.75, 3.05) is 13.1 Å². The summed E-state index contributed by atoms with van der Waals surface area (Å²) in [6.45, 7) is 3.42. The smallest absolute Gasteiger partial charge is 0.228 e. The molecule has 2 unspecified atom stereocenters. The van der Waals surface area contributed by atoms with E-state index in [1.165, 1.54) is 0 Å². The van der Waals surface area contributed by atoms with E-state index in [9.17, 15) is 4.79 Å². The van der Waals surface area contributed by atoms with Gasteiger partial charge in [-0.2, -0.15) is 0 Å². The number of aromatic nitrogens is 1. The van der Waals surface area contributed by atoms with Crippen LogP contribution >= 0.6 is 24.0 Å². The van der Waals surface area contributed by atoms with Crippen molar-refractivity contribution in [1.82, 2.24) is 9.88 Å². The third-order valence-electron chi connectivity index (χ3n) is 4.29. The number of amides is 1. The zero-order valence-corrected chi connectivity index (χ0v) is 15.0. The molecule has 0 saturated carbocycles. The van der Waals surface area contributed by atoms with Crippen molar-refractivity contribution in [3.05, 3.63) is 41.2 Å². The van der Waals surface area contributed by atoms with E-state index in [2.05, 4.69) is 11.9 Å². The normalized spacial score (nSPS) is 20.0. The highest BCUT2D eigenvalue weighted by Gasteiger charge is 2.31. The number of halogens is 2. The Balaban J connectivity index is 0.00000208. The molecule has 2 atom stereocenters. The second-order valence-corrected chi connectivity index (χ2v) is 6.50. The summed E-state index contributed by atoms with van der Waals surface area (Å²) in [5.74, 6) is 0.971. The summed E-state index contributed by atoms with van der Waals surface area (Å²) in [6.07, 6.45) is 2.76. The van der Waals surface area contributed by atoms with Gasteiger partial charge in [0, 0.05) is 23.2 Å². The Morgan fingerprint density at radius 1 is 1.42 bits per heavy atom. The summed E-state index contributed by atoms with van der Waals surface area (Å²) in [7, 11) is 0. The van der Waals surface area contributed by atoms with E-state index in [0.717, 1.165) is 18.5 Å². The average Bonchev–Trinajstić information content (AvgIpc) is 3.14. The molecule has 3 rings (SSSR count). The molecule has 2 aromatic rings. The lowest BCUT2D eigenvalue weighted by atomic mass is 10.1. The van der Waals surface area contributed by atoms with Crippen molar-refractivity contribution in [3.8, 4) is 11.5 Å². The molecule has 1 aromatic carbocycles. The van der Waals surface area contributed by atoms with E-state index in [-0.39, 0.29) is 30.8 Å². The fourth-order valence-corrected chi connectivity index (χ4v) is 3.16. The van der Waals surface area contributed by atoms with Crippen molar-refractivity contribution >= 4 is 29.9 Å². The van der Waals surface area contributed by atoms with Crippen molar-refractivity contribution in [3.63, 3.8) is 0 Å². The molecular formula is C17H21Cl2N3O2. The van der Waals surface area contributed by atoms with Crippen LogP contribution in [0.1, 0.15) is 19.0 Å². The van der Waals surface area contributed by atoms with Gasteiger partial charge in [-0.05, 0) is 50.1 Å². The number of nitrogens with two attached hydrogens (primary N) is 1. The highest BCUT2D eigenvalue weighted by molar-refractivity contribution is 6.30. The number of carbonyl (C=O) groups is 1. The maximum Gasteiger partial charge on any atom is 0.228 e. The number of hydrogen-bond acceptors (Lipinski definition) is 4. The summed E-state index contributed by atoms with van der Waals surface area (Å²) in [5, 5.41) is 0.660. The van der Waals surface area contributed by atoms with Gasteiger partial charge >= 0.3 is 0 Å². The Morgan fingerprint density at radius 3 is 2.75 bits per heavy atom. The fourth-order valence-electron chi connectivity index (χ4n) is 3.03. The number of likely N-dealkylation sites (tertiary alicyclic amines) is 1. The van der Waals surface area contributed by atoms with Gasteiger partial charge in [-0.15, -0.1) is 12.4 Å². The molecule has 1 amide bonds. The van der Waals surface area contributed by atoms with Crippen molar-refractivity contribution in [1.29, 1.82) is 0 Å². The van der Waals surface area contributed by atoms with Gasteiger partial charge in [-0.3, -0.25) is 4.79 Å². The van der Waals surface area contributed by atoms with Crippen LogP contribution in [0.4, 0.5) is 0 Å². The highest BCUT2D eigenvalue weighted by Crippen LogP contribution is 2.24. The lowest BCUT2D eigenvalue weighted by molar-refractivity contribution is -0.131. The Kier molecular flexibility index (Phi) is 6.27. The minimum Gasteiger partial charge on any atom is -0.444 e. The molecule has 0 aliphatic carbocycles. The zero-order valence-electron chi connectivity index (χ0n) is 13.4. The van der Waals surface area contributed by atoms with Gasteiger partial charge in [0.1, 0.15) is 6.26 Å². The highest BCUT2D eigenvalue weighted by atomic mass is 35.5. The van der Waals surface area contributed by atoms with Crippen LogP contribution in [0.15, 0.2) is 34.9 Å². The van der Waals surface area contributed by atoms with E-state index >= 15 is 0 Å². The Hall–Kier alpha value is -1.56. The van der Waals surface area contributed by atoms with Crippen LogP contribution in [0.2, 0.25) is 5.02 Å². The summed E-state index contributed by atoms with van der Waals surface area (Å²) < 4.78 is 5.48. The molecular weight excluding hydrogens is 349 g/mol. The molecule has 130 valence electrons. The molecule has 1 saturated heterocycles. The van der Waals surface area contributed by atoms with Gasteiger partial charge in [-0.25, -0.2) is 4.98 Å². The topological polar surface area (TPSA) is 72.4 Å². The molecule has 0 spiro atoms. The van der Waals surface area contributed by atoms with E-state index in [1.54, 1.807) is 18.4 Å². The van der Waals surface area contributed by atoms with E-state index in [1.807, 2.05) is 17.0 Å². The summed E-state index contributed by atoms with van der Waals surface area (Å²) in [6, 6.07) is 7.48. The first-order valence-corrected chi connectivity index (χ1v) is 8.14. The van der Waals surface area contributed by atoms with Gasteiger partial charge in [0.2, 0.25) is 11.8 Å². The van der Waals surface area contributed by atoms with Crippen LogP contribution in [0.3, 0.4) is 0 Å². The molecule has 1 fully saturated rings. The third-order valence-corrected chi connectivity index (χ3v) is 4.54. The molecule has 1 aliphatic heterocycles. The second-order valence-electron chi connectivity index (χ2n) is 6.06. The van der Waals surface area contributed by atoms with Gasteiger partial charge in [-0.1, -0.05) is 11.6 Å². The van der Waals surface area contributed by atoms with Gasteiger partial charge in [0.15, 0.2) is 0 Å². The largest absolute Gasteiger partial charge is 0.444 e. The quantitative estimate of drug-likeness (QED) is 0.898. The molecule has 2 N–H and O–H groups in total. The summed E-state index contributed by atoms with van der Waals surface area (Å²) >= 11 is 5.87. The number of oxazole rings is 1. The van der Waals surface area contributed by atoms with Crippen molar-refractivity contribution < 1.29 is 9.21 Å². The molecule has 0 radical (unpaired) electrons. The molecule has 2 heterocycles. The van der Waals surface area contributed by atoms with Crippen LogP contribution in [0.25, 0.3) is 11.5 Å². The second kappa shape index (κ2) is 8.01. The molecule has 24 heavy (non-hydrogen) atoms. The van der Waals surface area contributed by atoms with E-state index in [0.29, 0.717) is 29.1 Å². The Bertz CT molecular complexity index is 687. The Labute approximate surface area is 152 Å². The van der Waals surface area contributed by atoms with Crippen LogP contribution in [0, 0.1) is 5.92 Å². The molecule has 1 aliphatic rings. The molecule has 7 heteroatoms. The van der Waals surface area contributed by atoms with Gasteiger partial charge < -0.3 is 15.1 Å². The fraction of sp³-hybridized carbons (Fsp3) is 0.412. The van der Waals surface area contributed by atoms with Crippen molar-refractivity contribution in [2.45, 2.75) is 25.8 Å². The average molecular weight is 370 g/mol. The first-order chi connectivity index (χ1) is 11.1. The monoisotopic (exact) mass is 369 g/mol. The van der Waals surface area contributed by atoms with Crippen LogP contribution in [-0.4, -0.2) is 34.9 Å². The maximum absolute atomic E-state index is 12.5. The summed E-state index contributed by atoms with van der Waals surface area (Å²) in [4.78, 5) is 18.8. The van der Waals surface area contributed by atoms with Crippen LogP contribution in [-0.2, 0) is 11.2 Å².